The predicted molar refractivity (Wildman–Crippen MR) is 70.0 cm³/mol. The fourth-order valence-electron chi connectivity index (χ4n) is 2.67. The maximum Gasteiger partial charge on any atom is 0.137 e. The van der Waals surface area contributed by atoms with Gasteiger partial charge >= 0.3 is 0 Å². The zero-order chi connectivity index (χ0) is 13.2. The summed E-state index contributed by atoms with van der Waals surface area (Å²) in [4.78, 5) is 0. The van der Waals surface area contributed by atoms with Crippen molar-refractivity contribution in [1.29, 1.82) is 0 Å². The molecule has 5 nitrogen and oxygen atoms in total. The number of hydrogen-bond donors (Lipinski definition) is 2. The van der Waals surface area contributed by atoms with Crippen LogP contribution in [0.15, 0.2) is 24.3 Å². The van der Waals surface area contributed by atoms with Crippen LogP contribution in [0.2, 0.25) is 0 Å². The monoisotopic (exact) mass is 259 g/mol. The Labute approximate surface area is 111 Å². The highest BCUT2D eigenvalue weighted by molar-refractivity contribution is 5.28. The number of aromatic nitrogens is 3. The third kappa shape index (κ3) is 2.33. The van der Waals surface area contributed by atoms with Crippen molar-refractivity contribution in [3.05, 3.63) is 41.5 Å². The van der Waals surface area contributed by atoms with Crippen LogP contribution in [0.1, 0.15) is 36.1 Å². The smallest absolute Gasteiger partial charge is 0.137 e. The van der Waals surface area contributed by atoms with Gasteiger partial charge in [-0.2, -0.15) is 0 Å². The fraction of sp³-hybridized carbons (Fsp3) is 0.429. The first kappa shape index (κ1) is 12.2. The molecule has 1 aliphatic heterocycles. The fourth-order valence-corrected chi connectivity index (χ4v) is 2.67. The van der Waals surface area contributed by atoms with Gasteiger partial charge in [0.05, 0.1) is 12.6 Å². The Morgan fingerprint density at radius 2 is 2.00 bits per heavy atom. The summed E-state index contributed by atoms with van der Waals surface area (Å²) in [7, 11) is 0. The summed E-state index contributed by atoms with van der Waals surface area (Å²) in [6.45, 7) is 0.133. The maximum atomic E-state index is 9.47. The average Bonchev–Trinajstić information content (AvgIpc) is 2.85. The van der Waals surface area contributed by atoms with Crippen molar-refractivity contribution in [3.8, 4) is 5.75 Å². The number of aryl methyl sites for hydroxylation is 1. The minimum Gasteiger partial charge on any atom is -0.508 e. The molecule has 0 bridgehead atoms. The van der Waals surface area contributed by atoms with E-state index in [0.717, 1.165) is 36.5 Å². The van der Waals surface area contributed by atoms with Gasteiger partial charge in [-0.15, -0.1) is 10.2 Å². The summed E-state index contributed by atoms with van der Waals surface area (Å²) in [5, 5.41) is 27.2. The van der Waals surface area contributed by atoms with Crippen LogP contribution in [0.3, 0.4) is 0 Å². The first-order valence-electron chi connectivity index (χ1n) is 6.59. The van der Waals surface area contributed by atoms with Crippen molar-refractivity contribution in [2.24, 2.45) is 0 Å². The molecule has 1 aromatic heterocycles. The van der Waals surface area contributed by atoms with Crippen molar-refractivity contribution < 1.29 is 10.2 Å². The molecule has 0 fully saturated rings. The van der Waals surface area contributed by atoms with Crippen LogP contribution in [0.25, 0.3) is 0 Å². The van der Waals surface area contributed by atoms with E-state index in [1.807, 2.05) is 12.1 Å². The number of phenolic OH excluding ortho intramolecular Hbond substituents is 1. The van der Waals surface area contributed by atoms with Crippen LogP contribution >= 0.6 is 0 Å². The van der Waals surface area contributed by atoms with E-state index < -0.39 is 0 Å². The largest absolute Gasteiger partial charge is 0.508 e. The number of aliphatic hydroxyl groups is 1. The topological polar surface area (TPSA) is 71.2 Å². The van der Waals surface area contributed by atoms with Crippen LogP contribution in [0, 0.1) is 0 Å². The number of rotatable bonds is 3. The third-order valence-electron chi connectivity index (χ3n) is 3.65. The first-order valence-corrected chi connectivity index (χ1v) is 6.59. The Bertz CT molecular complexity index is 563. The van der Waals surface area contributed by atoms with Crippen molar-refractivity contribution in [1.82, 2.24) is 14.8 Å². The molecule has 0 radical (unpaired) electrons. The highest BCUT2D eigenvalue weighted by Gasteiger charge is 2.23. The Morgan fingerprint density at radius 3 is 2.74 bits per heavy atom. The zero-order valence-corrected chi connectivity index (χ0v) is 10.7. The lowest BCUT2D eigenvalue weighted by Crippen LogP contribution is -2.23. The Kier molecular flexibility index (Phi) is 3.21. The molecule has 1 aliphatic rings. The summed E-state index contributed by atoms with van der Waals surface area (Å²) in [6, 6.07) is 7.21. The number of aliphatic hydroxyl groups excluding tert-OH is 1. The lowest BCUT2D eigenvalue weighted by Gasteiger charge is -2.24. The highest BCUT2D eigenvalue weighted by atomic mass is 16.3. The third-order valence-corrected chi connectivity index (χ3v) is 3.65. The maximum absolute atomic E-state index is 9.47. The Balaban J connectivity index is 1.89. The Morgan fingerprint density at radius 1 is 1.21 bits per heavy atom. The van der Waals surface area contributed by atoms with E-state index in [0.29, 0.717) is 6.42 Å². The van der Waals surface area contributed by atoms with E-state index in [-0.39, 0.29) is 18.4 Å². The van der Waals surface area contributed by atoms with Gasteiger partial charge in [-0.25, -0.2) is 0 Å². The molecule has 2 heterocycles. The van der Waals surface area contributed by atoms with Gasteiger partial charge in [-0.05, 0) is 30.5 Å². The van der Waals surface area contributed by atoms with E-state index in [1.165, 1.54) is 0 Å². The molecular formula is C14H17N3O2. The number of benzene rings is 1. The molecule has 0 saturated heterocycles. The van der Waals surface area contributed by atoms with E-state index in [4.69, 9.17) is 0 Å². The molecule has 1 atom stereocenters. The number of aromatic hydroxyl groups is 1. The molecule has 1 aromatic carbocycles. The van der Waals surface area contributed by atoms with Gasteiger partial charge in [0.1, 0.15) is 17.4 Å². The average molecular weight is 259 g/mol. The standard InChI is InChI=1S/C14H17N3O2/c18-9-11-2-1-3-13-15-16-14(17(11)13)8-10-4-6-12(19)7-5-10/h4-7,11,18-19H,1-3,8-9H2. The molecule has 0 amide bonds. The molecule has 2 aromatic rings. The number of fused-ring (bicyclic) bond motifs is 1. The van der Waals surface area contributed by atoms with Gasteiger partial charge in [0, 0.05) is 12.8 Å². The molecule has 0 aliphatic carbocycles. The van der Waals surface area contributed by atoms with Crippen molar-refractivity contribution in [2.45, 2.75) is 31.7 Å². The number of nitrogens with zero attached hydrogens (tertiary/aromatic N) is 3. The number of phenols is 1. The van der Waals surface area contributed by atoms with E-state index in [9.17, 15) is 10.2 Å². The summed E-state index contributed by atoms with van der Waals surface area (Å²) in [5.41, 5.74) is 1.08. The van der Waals surface area contributed by atoms with Crippen molar-refractivity contribution >= 4 is 0 Å². The van der Waals surface area contributed by atoms with Crippen LogP contribution in [0.5, 0.6) is 5.75 Å². The first-order chi connectivity index (χ1) is 9.28. The second kappa shape index (κ2) is 5.01. The van der Waals surface area contributed by atoms with Crippen LogP contribution in [-0.2, 0) is 12.8 Å². The quantitative estimate of drug-likeness (QED) is 0.875. The highest BCUT2D eigenvalue weighted by Crippen LogP contribution is 2.26. The summed E-state index contributed by atoms with van der Waals surface area (Å²) in [6.07, 6.45) is 3.63. The van der Waals surface area contributed by atoms with Crippen molar-refractivity contribution in [3.63, 3.8) is 0 Å². The molecular weight excluding hydrogens is 242 g/mol. The molecule has 19 heavy (non-hydrogen) atoms. The predicted octanol–water partition coefficient (Wildman–Crippen LogP) is 1.44. The zero-order valence-electron chi connectivity index (χ0n) is 10.7. The van der Waals surface area contributed by atoms with Gasteiger partial charge < -0.3 is 14.8 Å². The molecule has 0 spiro atoms. The minimum atomic E-state index is 0.103. The van der Waals surface area contributed by atoms with Gasteiger partial charge in [-0.1, -0.05) is 12.1 Å². The Hall–Kier alpha value is -1.88. The molecule has 0 saturated carbocycles. The van der Waals surface area contributed by atoms with Crippen molar-refractivity contribution in [2.75, 3.05) is 6.61 Å². The van der Waals surface area contributed by atoms with E-state index in [2.05, 4.69) is 14.8 Å². The van der Waals surface area contributed by atoms with Gasteiger partial charge in [0.15, 0.2) is 0 Å². The van der Waals surface area contributed by atoms with Crippen LogP contribution < -0.4 is 0 Å². The van der Waals surface area contributed by atoms with Gasteiger partial charge in [0.25, 0.3) is 0 Å². The normalized spacial score (nSPS) is 18.3. The summed E-state index contributed by atoms with van der Waals surface area (Å²) >= 11 is 0. The van der Waals surface area contributed by atoms with E-state index >= 15 is 0 Å². The van der Waals surface area contributed by atoms with Gasteiger partial charge in [0.2, 0.25) is 0 Å². The van der Waals surface area contributed by atoms with Crippen LogP contribution in [-0.4, -0.2) is 31.6 Å². The molecule has 2 N–H and O–H groups in total. The summed E-state index contributed by atoms with van der Waals surface area (Å²) < 4.78 is 2.08. The molecule has 1 unspecified atom stereocenters. The summed E-state index contributed by atoms with van der Waals surface area (Å²) in [5.74, 6) is 2.12. The molecule has 3 rings (SSSR count). The molecule has 5 heteroatoms. The molecule has 100 valence electrons. The van der Waals surface area contributed by atoms with E-state index in [1.54, 1.807) is 12.1 Å². The minimum absolute atomic E-state index is 0.103. The number of hydrogen-bond acceptors (Lipinski definition) is 4. The lowest BCUT2D eigenvalue weighted by atomic mass is 10.0. The second-order valence-corrected chi connectivity index (χ2v) is 4.97. The van der Waals surface area contributed by atoms with Gasteiger partial charge in [-0.3, -0.25) is 0 Å². The lowest BCUT2D eigenvalue weighted by molar-refractivity contribution is 0.203. The SMILES string of the molecule is OCC1CCCc2nnc(Cc3ccc(O)cc3)n21. The van der Waals surface area contributed by atoms with Crippen LogP contribution in [0.4, 0.5) is 0 Å². The second-order valence-electron chi connectivity index (χ2n) is 4.97.